The van der Waals surface area contributed by atoms with Gasteiger partial charge in [0.05, 0.1) is 17.6 Å². The van der Waals surface area contributed by atoms with Crippen LogP contribution < -0.4 is 5.73 Å². The van der Waals surface area contributed by atoms with Crippen LogP contribution in [0.15, 0.2) is 0 Å². The standard InChI is InChI=1S/C8H16N2O2S/c1-6(2)12-5-8(11)10(3)4-7(9)13/h6H,4-5H2,1-3H3,(H2,9,13). The fourth-order valence-electron chi connectivity index (χ4n) is 0.670. The Bertz CT molecular complexity index is 195. The molecule has 0 aliphatic carbocycles. The SMILES string of the molecule is CC(C)OCC(=O)N(C)CC(N)=S. The molecule has 0 aliphatic heterocycles. The molecule has 0 bridgehead atoms. The van der Waals surface area contributed by atoms with Gasteiger partial charge < -0.3 is 15.4 Å². The van der Waals surface area contributed by atoms with Gasteiger partial charge in [-0.05, 0) is 13.8 Å². The molecule has 0 aromatic carbocycles. The molecule has 0 aromatic heterocycles. The van der Waals surface area contributed by atoms with Crippen LogP contribution in [-0.4, -0.2) is 42.1 Å². The van der Waals surface area contributed by atoms with Gasteiger partial charge in [-0.15, -0.1) is 0 Å². The summed E-state index contributed by atoms with van der Waals surface area (Å²) in [4.78, 5) is 13.0. The second-order valence-electron chi connectivity index (χ2n) is 3.08. The van der Waals surface area contributed by atoms with E-state index in [4.69, 9.17) is 10.5 Å². The molecule has 1 amide bonds. The van der Waals surface area contributed by atoms with E-state index in [0.717, 1.165) is 0 Å². The van der Waals surface area contributed by atoms with Gasteiger partial charge in [0.1, 0.15) is 6.61 Å². The predicted octanol–water partition coefficient (Wildman–Crippen LogP) is 0.156. The van der Waals surface area contributed by atoms with Crippen LogP contribution in [0.3, 0.4) is 0 Å². The number of likely N-dealkylation sites (N-methyl/N-ethyl adjacent to an activating group) is 1. The molecule has 2 N–H and O–H groups in total. The Labute approximate surface area is 84.0 Å². The summed E-state index contributed by atoms with van der Waals surface area (Å²) >= 11 is 4.67. The first-order valence-corrected chi connectivity index (χ1v) is 4.48. The van der Waals surface area contributed by atoms with Crippen molar-refractivity contribution in [2.45, 2.75) is 20.0 Å². The Hall–Kier alpha value is -0.680. The van der Waals surface area contributed by atoms with Crippen molar-refractivity contribution in [1.29, 1.82) is 0 Å². The summed E-state index contributed by atoms with van der Waals surface area (Å²) < 4.78 is 5.13. The third-order valence-corrected chi connectivity index (χ3v) is 1.49. The maximum absolute atomic E-state index is 11.3. The second kappa shape index (κ2) is 5.88. The smallest absolute Gasteiger partial charge is 0.248 e. The number of hydrogen-bond donors (Lipinski definition) is 1. The Morgan fingerprint density at radius 2 is 2.15 bits per heavy atom. The van der Waals surface area contributed by atoms with Crippen LogP contribution in [0, 0.1) is 0 Å². The molecule has 0 saturated heterocycles. The maximum Gasteiger partial charge on any atom is 0.248 e. The van der Waals surface area contributed by atoms with E-state index in [1.807, 2.05) is 13.8 Å². The number of nitrogens with two attached hydrogens (primary N) is 1. The average Bonchev–Trinajstić information content (AvgIpc) is 1.98. The zero-order valence-corrected chi connectivity index (χ0v) is 9.06. The Morgan fingerprint density at radius 3 is 2.54 bits per heavy atom. The zero-order chi connectivity index (χ0) is 10.4. The third-order valence-electron chi connectivity index (χ3n) is 1.36. The predicted molar refractivity (Wildman–Crippen MR) is 55.5 cm³/mol. The topological polar surface area (TPSA) is 55.6 Å². The normalized spacial score (nSPS) is 10.2. The second-order valence-corrected chi connectivity index (χ2v) is 3.60. The van der Waals surface area contributed by atoms with Gasteiger partial charge in [0.25, 0.3) is 0 Å². The molecule has 0 saturated carbocycles. The van der Waals surface area contributed by atoms with E-state index in [1.54, 1.807) is 7.05 Å². The van der Waals surface area contributed by atoms with Crippen molar-refractivity contribution in [3.63, 3.8) is 0 Å². The maximum atomic E-state index is 11.3. The number of ether oxygens (including phenoxy) is 1. The zero-order valence-electron chi connectivity index (χ0n) is 8.24. The van der Waals surface area contributed by atoms with Gasteiger partial charge >= 0.3 is 0 Å². The number of carbonyl (C=O) groups excluding carboxylic acids is 1. The number of hydrogen-bond acceptors (Lipinski definition) is 3. The van der Waals surface area contributed by atoms with Crippen molar-refractivity contribution in [2.24, 2.45) is 5.73 Å². The third kappa shape index (κ3) is 6.48. The molecular formula is C8H16N2O2S. The van der Waals surface area contributed by atoms with Crippen molar-refractivity contribution >= 4 is 23.1 Å². The lowest BCUT2D eigenvalue weighted by Gasteiger charge is -2.16. The van der Waals surface area contributed by atoms with Crippen LogP contribution in [0.5, 0.6) is 0 Å². The molecule has 0 aromatic rings. The van der Waals surface area contributed by atoms with E-state index in [0.29, 0.717) is 11.5 Å². The molecule has 4 nitrogen and oxygen atoms in total. The van der Waals surface area contributed by atoms with Crippen molar-refractivity contribution in [3.05, 3.63) is 0 Å². The van der Waals surface area contributed by atoms with E-state index in [-0.39, 0.29) is 18.6 Å². The minimum absolute atomic E-state index is 0.0576. The van der Waals surface area contributed by atoms with Crippen LogP contribution in [-0.2, 0) is 9.53 Å². The molecule has 0 radical (unpaired) electrons. The molecule has 0 aliphatic rings. The number of nitrogens with zero attached hydrogens (tertiary/aromatic N) is 1. The largest absolute Gasteiger partial charge is 0.392 e. The van der Waals surface area contributed by atoms with E-state index in [9.17, 15) is 4.79 Å². The monoisotopic (exact) mass is 204 g/mol. The lowest BCUT2D eigenvalue weighted by molar-refractivity contribution is -0.135. The summed E-state index contributed by atoms with van der Waals surface area (Å²) in [5, 5.41) is 0. The highest BCUT2D eigenvalue weighted by molar-refractivity contribution is 7.80. The average molecular weight is 204 g/mol. The Kier molecular flexibility index (Phi) is 5.57. The van der Waals surface area contributed by atoms with Crippen LogP contribution in [0.1, 0.15) is 13.8 Å². The summed E-state index contributed by atoms with van der Waals surface area (Å²) in [6.07, 6.45) is 0.0576. The fraction of sp³-hybridized carbons (Fsp3) is 0.750. The van der Waals surface area contributed by atoms with Gasteiger partial charge in [-0.2, -0.15) is 0 Å². The van der Waals surface area contributed by atoms with Crippen molar-refractivity contribution in [2.75, 3.05) is 20.2 Å². The lowest BCUT2D eigenvalue weighted by Crippen LogP contribution is -2.37. The van der Waals surface area contributed by atoms with E-state index < -0.39 is 0 Å². The van der Waals surface area contributed by atoms with Crippen molar-refractivity contribution < 1.29 is 9.53 Å². The summed E-state index contributed by atoms with van der Waals surface area (Å²) in [5.41, 5.74) is 5.28. The van der Waals surface area contributed by atoms with Gasteiger partial charge in [-0.3, -0.25) is 4.79 Å². The molecule has 0 rings (SSSR count). The first-order chi connectivity index (χ1) is 5.93. The van der Waals surface area contributed by atoms with Crippen molar-refractivity contribution in [3.8, 4) is 0 Å². The highest BCUT2D eigenvalue weighted by atomic mass is 32.1. The van der Waals surface area contributed by atoms with Crippen LogP contribution >= 0.6 is 12.2 Å². The van der Waals surface area contributed by atoms with Crippen LogP contribution in [0.4, 0.5) is 0 Å². The summed E-state index contributed by atoms with van der Waals surface area (Å²) in [6.45, 7) is 4.13. The summed E-state index contributed by atoms with van der Waals surface area (Å²) in [6, 6.07) is 0. The fourth-order valence-corrected chi connectivity index (χ4v) is 0.864. The molecule has 0 unspecified atom stereocenters. The molecule has 5 heteroatoms. The Balaban J connectivity index is 3.76. The number of rotatable bonds is 5. The first-order valence-electron chi connectivity index (χ1n) is 4.07. The van der Waals surface area contributed by atoms with E-state index in [2.05, 4.69) is 12.2 Å². The quantitative estimate of drug-likeness (QED) is 0.648. The molecule has 0 fully saturated rings. The van der Waals surface area contributed by atoms with E-state index in [1.165, 1.54) is 4.90 Å². The molecule has 0 heterocycles. The lowest BCUT2D eigenvalue weighted by atomic mass is 10.4. The minimum atomic E-state index is -0.110. The highest BCUT2D eigenvalue weighted by Gasteiger charge is 2.09. The van der Waals surface area contributed by atoms with Crippen molar-refractivity contribution in [1.82, 2.24) is 4.90 Å². The van der Waals surface area contributed by atoms with Crippen LogP contribution in [0.2, 0.25) is 0 Å². The molecule has 0 atom stereocenters. The summed E-state index contributed by atoms with van der Waals surface area (Å²) in [5.74, 6) is -0.110. The van der Waals surface area contributed by atoms with Crippen LogP contribution in [0.25, 0.3) is 0 Å². The number of thiocarbonyl (C=S) groups is 1. The van der Waals surface area contributed by atoms with Gasteiger partial charge in [0, 0.05) is 7.05 Å². The molecule has 13 heavy (non-hydrogen) atoms. The highest BCUT2D eigenvalue weighted by Crippen LogP contribution is 1.91. The minimum Gasteiger partial charge on any atom is -0.392 e. The molecular weight excluding hydrogens is 188 g/mol. The van der Waals surface area contributed by atoms with Gasteiger partial charge in [0.2, 0.25) is 5.91 Å². The number of amides is 1. The summed E-state index contributed by atoms with van der Waals surface area (Å²) in [7, 11) is 1.64. The molecule has 76 valence electrons. The molecule has 0 spiro atoms. The Morgan fingerprint density at radius 1 is 1.62 bits per heavy atom. The number of carbonyl (C=O) groups is 1. The van der Waals surface area contributed by atoms with E-state index >= 15 is 0 Å². The van der Waals surface area contributed by atoms with Gasteiger partial charge in [-0.25, -0.2) is 0 Å². The van der Waals surface area contributed by atoms with Gasteiger partial charge in [-0.1, -0.05) is 12.2 Å². The van der Waals surface area contributed by atoms with Gasteiger partial charge in [0.15, 0.2) is 0 Å². The first kappa shape index (κ1) is 12.3.